The topological polar surface area (TPSA) is 75.4 Å². The van der Waals surface area contributed by atoms with E-state index >= 15 is 0 Å². The van der Waals surface area contributed by atoms with Crippen LogP contribution in [0.25, 0.3) is 0 Å². The predicted molar refractivity (Wildman–Crippen MR) is 61.6 cm³/mol. The molecular weight excluding hydrogens is 204 g/mol. The van der Waals surface area contributed by atoms with Gasteiger partial charge in [0.15, 0.2) is 0 Å². The largest absolute Gasteiger partial charge is 0.393 e. The maximum absolute atomic E-state index is 11.8. The Bertz CT molecular complexity index is 291. The molecule has 2 aliphatic carbocycles. The smallest absolute Gasteiger partial charge is 0.227 e. The molecule has 90 valence electrons. The molecule has 4 atom stereocenters. The summed E-state index contributed by atoms with van der Waals surface area (Å²) in [5.41, 5.74) is 5.70. The van der Waals surface area contributed by atoms with Gasteiger partial charge in [0, 0.05) is 18.5 Å². The molecule has 0 radical (unpaired) electrons. The average molecular weight is 224 g/mol. The van der Waals surface area contributed by atoms with Crippen LogP contribution in [0, 0.1) is 11.8 Å². The molecule has 0 aliphatic heterocycles. The van der Waals surface area contributed by atoms with Gasteiger partial charge in [-0.05, 0) is 19.3 Å². The number of nitrogens with two attached hydrogens (primary N) is 1. The first kappa shape index (κ1) is 11.6. The SMILES string of the molecule is NC1C=CC(C(=O)NCC2CCCC2O)C1. The molecule has 0 aromatic heterocycles. The minimum Gasteiger partial charge on any atom is -0.393 e. The molecular formula is C12H20N2O2. The van der Waals surface area contributed by atoms with Gasteiger partial charge < -0.3 is 16.2 Å². The van der Waals surface area contributed by atoms with Crippen LogP contribution >= 0.6 is 0 Å². The molecule has 0 heterocycles. The summed E-state index contributed by atoms with van der Waals surface area (Å²) in [5.74, 6) is 0.208. The zero-order valence-corrected chi connectivity index (χ0v) is 9.43. The minimum absolute atomic E-state index is 0.0211. The van der Waals surface area contributed by atoms with Crippen molar-refractivity contribution < 1.29 is 9.90 Å². The highest BCUT2D eigenvalue weighted by Gasteiger charge is 2.27. The van der Waals surface area contributed by atoms with Crippen molar-refractivity contribution in [1.29, 1.82) is 0 Å². The van der Waals surface area contributed by atoms with Crippen LogP contribution in [0.5, 0.6) is 0 Å². The quantitative estimate of drug-likeness (QED) is 0.598. The zero-order chi connectivity index (χ0) is 11.5. The minimum atomic E-state index is -0.235. The van der Waals surface area contributed by atoms with E-state index in [0.717, 1.165) is 19.3 Å². The van der Waals surface area contributed by atoms with Crippen LogP contribution in [-0.4, -0.2) is 29.7 Å². The fourth-order valence-corrected chi connectivity index (χ4v) is 2.54. The first-order valence-electron chi connectivity index (χ1n) is 6.06. The van der Waals surface area contributed by atoms with E-state index in [9.17, 15) is 9.90 Å². The van der Waals surface area contributed by atoms with Gasteiger partial charge >= 0.3 is 0 Å². The normalized spacial score (nSPS) is 37.9. The molecule has 1 saturated carbocycles. The molecule has 2 aliphatic rings. The fourth-order valence-electron chi connectivity index (χ4n) is 2.54. The number of aliphatic hydroxyl groups is 1. The summed E-state index contributed by atoms with van der Waals surface area (Å²) in [6, 6.07) is 0.0211. The van der Waals surface area contributed by atoms with Crippen molar-refractivity contribution in [3.63, 3.8) is 0 Å². The average Bonchev–Trinajstić information content (AvgIpc) is 2.84. The number of carbonyl (C=O) groups is 1. The molecule has 4 nitrogen and oxygen atoms in total. The maximum Gasteiger partial charge on any atom is 0.227 e. The Labute approximate surface area is 95.9 Å². The van der Waals surface area contributed by atoms with Crippen LogP contribution in [0.3, 0.4) is 0 Å². The van der Waals surface area contributed by atoms with Gasteiger partial charge in [-0.25, -0.2) is 0 Å². The van der Waals surface area contributed by atoms with E-state index in [-0.39, 0.29) is 29.9 Å². The Hall–Kier alpha value is -0.870. The van der Waals surface area contributed by atoms with Gasteiger partial charge in [0.1, 0.15) is 0 Å². The van der Waals surface area contributed by atoms with Gasteiger partial charge in [-0.15, -0.1) is 0 Å². The van der Waals surface area contributed by atoms with Crippen LogP contribution in [0.15, 0.2) is 12.2 Å². The summed E-state index contributed by atoms with van der Waals surface area (Å²) in [4.78, 5) is 11.8. The van der Waals surface area contributed by atoms with Gasteiger partial charge in [-0.2, -0.15) is 0 Å². The lowest BCUT2D eigenvalue weighted by Gasteiger charge is -2.16. The molecule has 0 spiro atoms. The highest BCUT2D eigenvalue weighted by molar-refractivity contribution is 5.81. The van der Waals surface area contributed by atoms with Gasteiger partial charge in [0.2, 0.25) is 5.91 Å². The van der Waals surface area contributed by atoms with E-state index in [4.69, 9.17) is 5.73 Å². The number of rotatable bonds is 3. The second kappa shape index (κ2) is 4.97. The van der Waals surface area contributed by atoms with E-state index in [1.165, 1.54) is 0 Å². The Morgan fingerprint density at radius 3 is 2.81 bits per heavy atom. The number of hydrogen-bond donors (Lipinski definition) is 3. The van der Waals surface area contributed by atoms with Gasteiger partial charge in [-0.3, -0.25) is 4.79 Å². The molecule has 4 heteroatoms. The van der Waals surface area contributed by atoms with Gasteiger partial charge in [0.25, 0.3) is 0 Å². The summed E-state index contributed by atoms with van der Waals surface area (Å²) >= 11 is 0. The molecule has 4 N–H and O–H groups in total. The standard InChI is InChI=1S/C12H20N2O2/c13-10-5-4-8(6-10)12(16)14-7-9-2-1-3-11(9)15/h4-5,8-11,15H,1-3,6-7,13H2,(H,14,16). The molecule has 0 aromatic rings. The number of amides is 1. The van der Waals surface area contributed by atoms with Gasteiger partial charge in [0.05, 0.1) is 12.0 Å². The molecule has 2 rings (SSSR count). The lowest BCUT2D eigenvalue weighted by atomic mass is 10.0. The monoisotopic (exact) mass is 224 g/mol. The lowest BCUT2D eigenvalue weighted by Crippen LogP contribution is -2.36. The number of aliphatic hydroxyl groups excluding tert-OH is 1. The van der Waals surface area contributed by atoms with Crippen LogP contribution < -0.4 is 11.1 Å². The van der Waals surface area contributed by atoms with E-state index in [0.29, 0.717) is 13.0 Å². The molecule has 1 fully saturated rings. The summed E-state index contributed by atoms with van der Waals surface area (Å²) < 4.78 is 0. The summed E-state index contributed by atoms with van der Waals surface area (Å²) in [5, 5.41) is 12.5. The summed E-state index contributed by atoms with van der Waals surface area (Å²) in [6.45, 7) is 0.597. The molecule has 1 amide bonds. The van der Waals surface area contributed by atoms with E-state index in [1.807, 2.05) is 12.2 Å². The number of carbonyl (C=O) groups excluding carboxylic acids is 1. The van der Waals surface area contributed by atoms with Crippen LogP contribution in [0.2, 0.25) is 0 Å². The van der Waals surface area contributed by atoms with E-state index < -0.39 is 0 Å². The molecule has 16 heavy (non-hydrogen) atoms. The van der Waals surface area contributed by atoms with Crippen LogP contribution in [0.1, 0.15) is 25.7 Å². The third kappa shape index (κ3) is 2.62. The zero-order valence-electron chi connectivity index (χ0n) is 9.43. The Balaban J connectivity index is 1.73. The number of hydrogen-bond acceptors (Lipinski definition) is 3. The first-order chi connectivity index (χ1) is 7.66. The highest BCUT2D eigenvalue weighted by Crippen LogP contribution is 2.25. The Morgan fingerprint density at radius 2 is 2.25 bits per heavy atom. The second-order valence-electron chi connectivity index (χ2n) is 4.89. The van der Waals surface area contributed by atoms with Gasteiger partial charge in [-0.1, -0.05) is 18.6 Å². The summed E-state index contributed by atoms with van der Waals surface area (Å²) in [7, 11) is 0. The molecule has 0 saturated heterocycles. The maximum atomic E-state index is 11.8. The lowest BCUT2D eigenvalue weighted by molar-refractivity contribution is -0.123. The van der Waals surface area contributed by atoms with Crippen molar-refractivity contribution in [2.24, 2.45) is 17.6 Å². The Kier molecular flexibility index (Phi) is 3.61. The number of nitrogens with one attached hydrogen (secondary N) is 1. The van der Waals surface area contributed by atoms with Crippen molar-refractivity contribution in [2.75, 3.05) is 6.54 Å². The molecule has 0 bridgehead atoms. The van der Waals surface area contributed by atoms with Crippen molar-refractivity contribution in [3.8, 4) is 0 Å². The Morgan fingerprint density at radius 1 is 1.44 bits per heavy atom. The van der Waals surface area contributed by atoms with Crippen molar-refractivity contribution in [3.05, 3.63) is 12.2 Å². The second-order valence-corrected chi connectivity index (χ2v) is 4.89. The molecule has 0 aromatic carbocycles. The van der Waals surface area contributed by atoms with Crippen LogP contribution in [-0.2, 0) is 4.79 Å². The fraction of sp³-hybridized carbons (Fsp3) is 0.750. The predicted octanol–water partition coefficient (Wildman–Crippen LogP) is 0.167. The first-order valence-corrected chi connectivity index (χ1v) is 6.06. The van der Waals surface area contributed by atoms with Crippen LogP contribution in [0.4, 0.5) is 0 Å². The third-order valence-corrected chi connectivity index (χ3v) is 3.61. The van der Waals surface area contributed by atoms with Crippen molar-refractivity contribution in [2.45, 2.75) is 37.8 Å². The van der Waals surface area contributed by atoms with E-state index in [1.54, 1.807) is 0 Å². The molecule has 4 unspecified atom stereocenters. The third-order valence-electron chi connectivity index (χ3n) is 3.61. The van der Waals surface area contributed by atoms with Crippen molar-refractivity contribution >= 4 is 5.91 Å². The van der Waals surface area contributed by atoms with E-state index in [2.05, 4.69) is 5.32 Å². The summed E-state index contributed by atoms with van der Waals surface area (Å²) in [6.07, 6.45) is 7.19. The highest BCUT2D eigenvalue weighted by atomic mass is 16.3. The van der Waals surface area contributed by atoms with Crippen molar-refractivity contribution in [1.82, 2.24) is 5.32 Å².